The summed E-state index contributed by atoms with van der Waals surface area (Å²) < 4.78 is 15.8. The highest BCUT2D eigenvalue weighted by Crippen LogP contribution is 2.27. The number of benzene rings is 1. The normalized spacial score (nSPS) is 11.2. The van der Waals surface area contributed by atoms with Gasteiger partial charge >= 0.3 is 0 Å². The summed E-state index contributed by atoms with van der Waals surface area (Å²) in [5.74, 6) is -0.314. The molecule has 108 valence electrons. The van der Waals surface area contributed by atoms with Gasteiger partial charge in [-0.05, 0) is 49.7 Å². The number of nitrogens with two attached hydrogens (primary N) is 1. The number of aromatic nitrogens is 2. The molecule has 1 aromatic carbocycles. The Kier molecular flexibility index (Phi) is 3.47. The van der Waals surface area contributed by atoms with Crippen LogP contribution >= 0.6 is 0 Å². The molecule has 2 aromatic heterocycles. The molecule has 0 aliphatic carbocycles. The average molecular weight is 283 g/mol. The second-order valence-corrected chi connectivity index (χ2v) is 5.29. The van der Waals surface area contributed by atoms with Crippen molar-refractivity contribution in [1.82, 2.24) is 9.38 Å². The first kappa shape index (κ1) is 13.8. The van der Waals surface area contributed by atoms with E-state index in [1.165, 1.54) is 17.2 Å². The highest BCUT2D eigenvalue weighted by Gasteiger charge is 2.15. The van der Waals surface area contributed by atoms with Crippen LogP contribution in [0.25, 0.3) is 16.9 Å². The summed E-state index contributed by atoms with van der Waals surface area (Å²) in [6.07, 6.45) is 2.49. The zero-order valence-electron chi connectivity index (χ0n) is 12.2. The molecule has 2 heterocycles. The number of imidazole rings is 1. The van der Waals surface area contributed by atoms with E-state index in [9.17, 15) is 4.39 Å². The van der Waals surface area contributed by atoms with Crippen LogP contribution in [0.1, 0.15) is 16.8 Å². The van der Waals surface area contributed by atoms with Crippen molar-refractivity contribution in [2.75, 3.05) is 6.54 Å². The zero-order chi connectivity index (χ0) is 15.0. The molecule has 4 heteroatoms. The molecule has 0 aliphatic heterocycles. The number of aryl methyl sites for hydroxylation is 2. The molecule has 0 amide bonds. The van der Waals surface area contributed by atoms with Gasteiger partial charge < -0.3 is 10.1 Å². The summed E-state index contributed by atoms with van der Waals surface area (Å²) in [5, 5.41) is 0. The first-order chi connectivity index (χ1) is 10.1. The van der Waals surface area contributed by atoms with Crippen LogP contribution in [0.4, 0.5) is 4.39 Å². The average Bonchev–Trinajstić information content (AvgIpc) is 2.83. The van der Waals surface area contributed by atoms with Crippen LogP contribution in [0.2, 0.25) is 0 Å². The standard InChI is InChI=1S/C17H18FN3/c1-11-5-6-13(10-12(11)2)16-15(7-8-19)21-9-3-4-14(18)17(21)20-16/h3-6,9-10H,7-8,19H2,1-2H3. The maximum Gasteiger partial charge on any atom is 0.173 e. The predicted octanol–water partition coefficient (Wildman–Crippen LogP) is 3.26. The fraction of sp³-hybridized carbons (Fsp3) is 0.235. The third-order valence-electron chi connectivity index (χ3n) is 3.86. The van der Waals surface area contributed by atoms with Crippen molar-refractivity contribution < 1.29 is 4.39 Å². The second kappa shape index (κ2) is 5.30. The number of fused-ring (bicyclic) bond motifs is 1. The molecule has 3 rings (SSSR count). The smallest absolute Gasteiger partial charge is 0.173 e. The van der Waals surface area contributed by atoms with Crippen LogP contribution in [-0.2, 0) is 6.42 Å². The van der Waals surface area contributed by atoms with E-state index >= 15 is 0 Å². The summed E-state index contributed by atoms with van der Waals surface area (Å²) in [6, 6.07) is 9.31. The summed E-state index contributed by atoms with van der Waals surface area (Å²) in [5.41, 5.74) is 11.3. The molecule has 0 fully saturated rings. The van der Waals surface area contributed by atoms with Gasteiger partial charge in [-0.2, -0.15) is 0 Å². The Morgan fingerprint density at radius 3 is 2.71 bits per heavy atom. The van der Waals surface area contributed by atoms with Crippen molar-refractivity contribution in [1.29, 1.82) is 0 Å². The van der Waals surface area contributed by atoms with Crippen LogP contribution < -0.4 is 5.73 Å². The van der Waals surface area contributed by atoms with Crippen molar-refractivity contribution in [3.63, 3.8) is 0 Å². The van der Waals surface area contributed by atoms with E-state index in [0.717, 1.165) is 17.0 Å². The minimum atomic E-state index is -0.314. The van der Waals surface area contributed by atoms with Crippen LogP contribution in [-0.4, -0.2) is 15.9 Å². The van der Waals surface area contributed by atoms with Gasteiger partial charge in [-0.3, -0.25) is 0 Å². The molecular formula is C17H18FN3. The summed E-state index contributed by atoms with van der Waals surface area (Å²) in [7, 11) is 0. The Hall–Kier alpha value is -2.20. The van der Waals surface area contributed by atoms with Gasteiger partial charge in [0.05, 0.1) is 11.4 Å². The number of halogens is 1. The second-order valence-electron chi connectivity index (χ2n) is 5.29. The largest absolute Gasteiger partial charge is 0.330 e. The van der Waals surface area contributed by atoms with Crippen LogP contribution in [0.5, 0.6) is 0 Å². The Labute approximate surface area is 123 Å². The van der Waals surface area contributed by atoms with Crippen LogP contribution in [0.15, 0.2) is 36.5 Å². The van der Waals surface area contributed by atoms with E-state index in [4.69, 9.17) is 5.73 Å². The van der Waals surface area contributed by atoms with Crippen molar-refractivity contribution in [3.8, 4) is 11.3 Å². The monoisotopic (exact) mass is 283 g/mol. The van der Waals surface area contributed by atoms with Crippen molar-refractivity contribution in [2.24, 2.45) is 5.73 Å². The topological polar surface area (TPSA) is 43.3 Å². The van der Waals surface area contributed by atoms with Gasteiger partial charge in [0, 0.05) is 18.2 Å². The highest BCUT2D eigenvalue weighted by atomic mass is 19.1. The van der Waals surface area contributed by atoms with E-state index in [0.29, 0.717) is 18.6 Å². The lowest BCUT2D eigenvalue weighted by Crippen LogP contribution is -2.06. The van der Waals surface area contributed by atoms with E-state index < -0.39 is 0 Å². The van der Waals surface area contributed by atoms with Gasteiger partial charge in [0.25, 0.3) is 0 Å². The molecule has 0 radical (unpaired) electrons. The van der Waals surface area contributed by atoms with E-state index in [-0.39, 0.29) is 5.82 Å². The quantitative estimate of drug-likeness (QED) is 0.801. The first-order valence-electron chi connectivity index (χ1n) is 7.05. The molecule has 0 unspecified atom stereocenters. The Morgan fingerprint density at radius 2 is 2.00 bits per heavy atom. The van der Waals surface area contributed by atoms with Crippen molar-refractivity contribution in [2.45, 2.75) is 20.3 Å². The molecule has 0 saturated heterocycles. The zero-order valence-corrected chi connectivity index (χ0v) is 12.2. The molecule has 21 heavy (non-hydrogen) atoms. The number of hydrogen-bond acceptors (Lipinski definition) is 2. The molecule has 0 aliphatic rings. The lowest BCUT2D eigenvalue weighted by molar-refractivity contribution is 0.629. The summed E-state index contributed by atoms with van der Waals surface area (Å²) in [6.45, 7) is 4.64. The predicted molar refractivity (Wildman–Crippen MR) is 82.8 cm³/mol. The maximum atomic E-state index is 14.0. The minimum Gasteiger partial charge on any atom is -0.330 e. The molecule has 3 nitrogen and oxygen atoms in total. The molecule has 0 atom stereocenters. The first-order valence-corrected chi connectivity index (χ1v) is 7.05. The highest BCUT2D eigenvalue weighted by molar-refractivity contribution is 5.68. The number of hydrogen-bond donors (Lipinski definition) is 1. The van der Waals surface area contributed by atoms with E-state index in [1.807, 2.05) is 12.3 Å². The van der Waals surface area contributed by atoms with Gasteiger partial charge in [0.15, 0.2) is 11.5 Å². The van der Waals surface area contributed by atoms with Gasteiger partial charge in [-0.1, -0.05) is 12.1 Å². The minimum absolute atomic E-state index is 0.314. The van der Waals surface area contributed by atoms with Gasteiger partial charge in [-0.15, -0.1) is 0 Å². The SMILES string of the molecule is Cc1ccc(-c2nc3c(F)cccn3c2CCN)cc1C. The van der Waals surface area contributed by atoms with Gasteiger partial charge in [-0.25, -0.2) is 9.37 Å². The van der Waals surface area contributed by atoms with E-state index in [1.54, 1.807) is 10.5 Å². The molecule has 2 N–H and O–H groups in total. The van der Waals surface area contributed by atoms with Crippen molar-refractivity contribution >= 4 is 5.65 Å². The Bertz CT molecular complexity index is 805. The Balaban J connectivity index is 2.27. The maximum absolute atomic E-state index is 14.0. The van der Waals surface area contributed by atoms with Crippen LogP contribution in [0.3, 0.4) is 0 Å². The lowest BCUT2D eigenvalue weighted by Gasteiger charge is -2.06. The third kappa shape index (κ3) is 2.32. The number of nitrogens with zero attached hydrogens (tertiary/aromatic N) is 2. The molecular weight excluding hydrogens is 265 g/mol. The van der Waals surface area contributed by atoms with Crippen LogP contribution in [0, 0.1) is 19.7 Å². The molecule has 0 saturated carbocycles. The Morgan fingerprint density at radius 1 is 1.19 bits per heavy atom. The van der Waals surface area contributed by atoms with Gasteiger partial charge in [0.2, 0.25) is 0 Å². The fourth-order valence-corrected chi connectivity index (χ4v) is 2.58. The van der Waals surface area contributed by atoms with E-state index in [2.05, 4.69) is 31.0 Å². The number of rotatable bonds is 3. The summed E-state index contributed by atoms with van der Waals surface area (Å²) in [4.78, 5) is 4.50. The molecule has 0 spiro atoms. The lowest BCUT2D eigenvalue weighted by atomic mass is 10.0. The summed E-state index contributed by atoms with van der Waals surface area (Å²) >= 11 is 0. The third-order valence-corrected chi connectivity index (χ3v) is 3.86. The molecule has 3 aromatic rings. The fourth-order valence-electron chi connectivity index (χ4n) is 2.58. The number of pyridine rings is 1. The van der Waals surface area contributed by atoms with Gasteiger partial charge in [0.1, 0.15) is 0 Å². The van der Waals surface area contributed by atoms with Crippen molar-refractivity contribution in [3.05, 3.63) is 59.2 Å². The molecule has 0 bridgehead atoms.